The number of rotatable bonds is 4. The summed E-state index contributed by atoms with van der Waals surface area (Å²) in [5, 5.41) is 10.9. The first-order valence-corrected chi connectivity index (χ1v) is 7.98. The maximum absolute atomic E-state index is 13.6. The molecule has 0 saturated heterocycles. The Bertz CT molecular complexity index is 1070. The number of benzene rings is 1. The predicted molar refractivity (Wildman–Crippen MR) is 94.0 cm³/mol. The summed E-state index contributed by atoms with van der Waals surface area (Å²) in [6.07, 6.45) is 5.05. The summed E-state index contributed by atoms with van der Waals surface area (Å²) in [4.78, 5) is 16.3. The fraction of sp³-hybridized carbons (Fsp3) is 0.111. The number of anilines is 1. The number of aryl methyl sites for hydroxylation is 1. The summed E-state index contributed by atoms with van der Waals surface area (Å²) in [5.74, 6) is -0.356. The second kappa shape index (κ2) is 6.40. The van der Waals surface area contributed by atoms with Gasteiger partial charge in [0, 0.05) is 24.2 Å². The number of fused-ring (bicyclic) bond motifs is 1. The van der Waals surface area contributed by atoms with Crippen LogP contribution in [0.15, 0.2) is 55.0 Å². The highest BCUT2D eigenvalue weighted by atomic mass is 19.1. The third-order valence-corrected chi connectivity index (χ3v) is 3.82. The summed E-state index contributed by atoms with van der Waals surface area (Å²) in [5.41, 5.74) is 2.98. The Labute approximate surface area is 148 Å². The Hall–Kier alpha value is -3.55. The number of pyridine rings is 1. The van der Waals surface area contributed by atoms with Crippen LogP contribution >= 0.6 is 0 Å². The average Bonchev–Trinajstić information content (AvgIpc) is 3.21. The van der Waals surface area contributed by atoms with Crippen LogP contribution in [-0.2, 0) is 11.3 Å². The molecule has 3 heterocycles. The molecule has 0 radical (unpaired) electrons. The third kappa shape index (κ3) is 3.30. The summed E-state index contributed by atoms with van der Waals surface area (Å²) in [6.45, 7) is 1.92. The van der Waals surface area contributed by atoms with Gasteiger partial charge in [0.2, 0.25) is 11.9 Å². The van der Waals surface area contributed by atoms with Gasteiger partial charge in [-0.3, -0.25) is 14.8 Å². The van der Waals surface area contributed by atoms with Crippen LogP contribution in [0.1, 0.15) is 5.56 Å². The van der Waals surface area contributed by atoms with E-state index in [1.165, 1.54) is 16.8 Å². The van der Waals surface area contributed by atoms with Gasteiger partial charge in [0.05, 0.1) is 0 Å². The molecule has 3 aromatic heterocycles. The minimum absolute atomic E-state index is 0.0797. The molecular formula is C18H15FN6O. The fourth-order valence-corrected chi connectivity index (χ4v) is 2.72. The van der Waals surface area contributed by atoms with Gasteiger partial charge in [-0.05, 0) is 48.4 Å². The Balaban J connectivity index is 1.58. The molecule has 0 bridgehead atoms. The van der Waals surface area contributed by atoms with Gasteiger partial charge in [0.15, 0.2) is 5.65 Å². The number of aromatic nitrogens is 5. The van der Waals surface area contributed by atoms with E-state index in [2.05, 4.69) is 20.5 Å². The topological polar surface area (TPSA) is 77.1 Å². The van der Waals surface area contributed by atoms with Crippen molar-refractivity contribution in [2.75, 3.05) is 5.32 Å². The first-order valence-electron chi connectivity index (χ1n) is 7.98. The minimum Gasteiger partial charge on any atom is -0.292 e. The van der Waals surface area contributed by atoms with Crippen molar-refractivity contribution in [2.45, 2.75) is 13.5 Å². The van der Waals surface area contributed by atoms with Gasteiger partial charge in [-0.25, -0.2) is 8.91 Å². The SMILES string of the molecule is Cc1cc(F)cc(-c2ccc3nc(NC(=O)Cn4cccn4)nn3c2)c1. The van der Waals surface area contributed by atoms with Crippen LogP contribution in [0.2, 0.25) is 0 Å². The molecule has 4 rings (SSSR count). The summed E-state index contributed by atoms with van der Waals surface area (Å²) in [6, 6.07) is 10.2. The molecule has 1 amide bonds. The lowest BCUT2D eigenvalue weighted by atomic mass is 10.1. The van der Waals surface area contributed by atoms with Crippen molar-refractivity contribution in [3.8, 4) is 11.1 Å². The van der Waals surface area contributed by atoms with Crippen LogP contribution in [0.25, 0.3) is 16.8 Å². The van der Waals surface area contributed by atoms with Crippen LogP contribution in [-0.4, -0.2) is 30.3 Å². The molecule has 4 aromatic rings. The first-order chi connectivity index (χ1) is 12.6. The molecule has 0 saturated carbocycles. The third-order valence-electron chi connectivity index (χ3n) is 3.82. The van der Waals surface area contributed by atoms with Crippen LogP contribution in [0.3, 0.4) is 0 Å². The van der Waals surface area contributed by atoms with E-state index in [0.717, 1.165) is 16.7 Å². The van der Waals surface area contributed by atoms with Crippen molar-refractivity contribution in [3.63, 3.8) is 0 Å². The van der Waals surface area contributed by atoms with Crippen molar-refractivity contribution in [1.29, 1.82) is 0 Å². The van der Waals surface area contributed by atoms with Gasteiger partial charge in [-0.15, -0.1) is 5.10 Å². The van der Waals surface area contributed by atoms with Crippen molar-refractivity contribution < 1.29 is 9.18 Å². The van der Waals surface area contributed by atoms with E-state index in [1.807, 2.05) is 19.1 Å². The van der Waals surface area contributed by atoms with E-state index in [0.29, 0.717) is 5.65 Å². The normalized spacial score (nSPS) is 11.0. The summed E-state index contributed by atoms with van der Waals surface area (Å²) in [7, 11) is 0. The van der Waals surface area contributed by atoms with E-state index in [9.17, 15) is 9.18 Å². The molecule has 0 aliphatic heterocycles. The van der Waals surface area contributed by atoms with Gasteiger partial charge in [0.25, 0.3) is 0 Å². The molecule has 7 nitrogen and oxygen atoms in total. The van der Waals surface area contributed by atoms with E-state index < -0.39 is 0 Å². The number of halogens is 1. The van der Waals surface area contributed by atoms with E-state index in [1.54, 1.807) is 35.2 Å². The standard InChI is InChI=1S/C18H15FN6O/c1-12-7-14(9-15(19)8-12)13-3-4-16-21-18(23-25(16)10-13)22-17(26)11-24-6-2-5-20-24/h2-10H,11H2,1H3,(H,22,23,26). The zero-order valence-electron chi connectivity index (χ0n) is 13.9. The number of nitrogens with one attached hydrogen (secondary N) is 1. The zero-order chi connectivity index (χ0) is 18.1. The highest BCUT2D eigenvalue weighted by Crippen LogP contribution is 2.22. The Kier molecular flexibility index (Phi) is 3.92. The number of amides is 1. The quantitative estimate of drug-likeness (QED) is 0.614. The number of nitrogens with zero attached hydrogens (tertiary/aromatic N) is 5. The number of hydrogen-bond donors (Lipinski definition) is 1. The lowest BCUT2D eigenvalue weighted by Crippen LogP contribution is -2.19. The van der Waals surface area contributed by atoms with E-state index in [-0.39, 0.29) is 24.2 Å². The van der Waals surface area contributed by atoms with Crippen LogP contribution in [0, 0.1) is 12.7 Å². The first kappa shape index (κ1) is 15.9. The van der Waals surface area contributed by atoms with Gasteiger partial charge in [-0.2, -0.15) is 10.1 Å². The van der Waals surface area contributed by atoms with Crippen molar-refractivity contribution in [3.05, 3.63) is 66.4 Å². The molecule has 0 aliphatic carbocycles. The summed E-state index contributed by atoms with van der Waals surface area (Å²) < 4.78 is 16.7. The molecule has 130 valence electrons. The fourth-order valence-electron chi connectivity index (χ4n) is 2.72. The van der Waals surface area contributed by atoms with Crippen LogP contribution in [0.5, 0.6) is 0 Å². The molecule has 8 heteroatoms. The van der Waals surface area contributed by atoms with Crippen molar-refractivity contribution in [2.24, 2.45) is 0 Å². The highest BCUT2D eigenvalue weighted by molar-refractivity contribution is 5.88. The molecule has 0 unspecified atom stereocenters. The summed E-state index contributed by atoms with van der Waals surface area (Å²) >= 11 is 0. The van der Waals surface area contributed by atoms with Gasteiger partial charge in [-0.1, -0.05) is 6.07 Å². The molecule has 1 aromatic carbocycles. The second-order valence-electron chi connectivity index (χ2n) is 5.93. The Morgan fingerprint density at radius 2 is 2.12 bits per heavy atom. The molecule has 26 heavy (non-hydrogen) atoms. The Morgan fingerprint density at radius 1 is 1.23 bits per heavy atom. The maximum Gasteiger partial charge on any atom is 0.249 e. The Morgan fingerprint density at radius 3 is 2.88 bits per heavy atom. The second-order valence-corrected chi connectivity index (χ2v) is 5.93. The molecule has 0 aliphatic rings. The zero-order valence-corrected chi connectivity index (χ0v) is 13.9. The smallest absolute Gasteiger partial charge is 0.249 e. The predicted octanol–water partition coefficient (Wildman–Crippen LogP) is 2.68. The molecule has 0 spiro atoms. The van der Waals surface area contributed by atoms with Gasteiger partial charge >= 0.3 is 0 Å². The van der Waals surface area contributed by atoms with E-state index >= 15 is 0 Å². The van der Waals surface area contributed by atoms with Crippen molar-refractivity contribution in [1.82, 2.24) is 24.4 Å². The monoisotopic (exact) mass is 350 g/mol. The number of hydrogen-bond acceptors (Lipinski definition) is 4. The number of carbonyl (C=O) groups excluding carboxylic acids is 1. The lowest BCUT2D eigenvalue weighted by Gasteiger charge is -2.04. The van der Waals surface area contributed by atoms with Gasteiger partial charge < -0.3 is 0 Å². The number of carbonyl (C=O) groups is 1. The van der Waals surface area contributed by atoms with Crippen LogP contribution in [0.4, 0.5) is 10.3 Å². The molecule has 1 N–H and O–H groups in total. The highest BCUT2D eigenvalue weighted by Gasteiger charge is 2.10. The maximum atomic E-state index is 13.6. The van der Waals surface area contributed by atoms with Crippen LogP contribution < -0.4 is 5.32 Å². The molecule has 0 atom stereocenters. The lowest BCUT2D eigenvalue weighted by molar-refractivity contribution is -0.116. The molecular weight excluding hydrogens is 335 g/mol. The van der Waals surface area contributed by atoms with Gasteiger partial charge in [0.1, 0.15) is 12.4 Å². The van der Waals surface area contributed by atoms with Crippen molar-refractivity contribution >= 4 is 17.5 Å². The molecule has 0 fully saturated rings. The average molecular weight is 350 g/mol. The van der Waals surface area contributed by atoms with E-state index in [4.69, 9.17) is 0 Å². The largest absolute Gasteiger partial charge is 0.292 e. The minimum atomic E-state index is -0.287.